The van der Waals surface area contributed by atoms with Crippen molar-refractivity contribution in [3.05, 3.63) is 83.6 Å². The van der Waals surface area contributed by atoms with Gasteiger partial charge in [-0.3, -0.25) is 4.99 Å². The van der Waals surface area contributed by atoms with E-state index in [1.807, 2.05) is 77.2 Å². The lowest BCUT2D eigenvalue weighted by Gasteiger charge is -2.29. The maximum absolute atomic E-state index is 6.37. The highest BCUT2D eigenvalue weighted by Gasteiger charge is 2.31. The molecule has 1 unspecified atom stereocenters. The summed E-state index contributed by atoms with van der Waals surface area (Å²) >= 11 is 0. The number of hydrogen-bond acceptors (Lipinski definition) is 4. The molecule has 0 radical (unpaired) electrons. The van der Waals surface area contributed by atoms with Crippen LogP contribution in [0, 0.1) is 6.92 Å². The Morgan fingerprint density at radius 3 is 2.21 bits per heavy atom. The molecule has 160 valence electrons. The molecular weight excluding hydrogens is 356 g/mol. The fourth-order valence-corrected chi connectivity index (χ4v) is 2.88. The van der Waals surface area contributed by atoms with E-state index in [-0.39, 0.29) is 0 Å². The van der Waals surface area contributed by atoms with E-state index in [0.717, 1.165) is 24.3 Å². The summed E-state index contributed by atoms with van der Waals surface area (Å²) in [7, 11) is 1.79. The Hall–Kier alpha value is -2.43. The van der Waals surface area contributed by atoms with Gasteiger partial charge < -0.3 is 10.7 Å². The van der Waals surface area contributed by atoms with Gasteiger partial charge in [-0.15, -0.1) is 0 Å². The number of fused-ring (bicyclic) bond motifs is 1. The second-order valence-electron chi connectivity index (χ2n) is 6.43. The molecule has 1 heterocycles. The maximum Gasteiger partial charge on any atom is 0.0590 e. The standard InChI is InChI=1S/C14H20N4.C7H8.2C2H6/c1-3-6-14(15)9-11(5-8-18(2)16)12-4-7-17-13(12)10-14;1-7-5-3-2-4-6-7;2*1-2/h3-6,8-9H,7,10,15-16H2,1-2H3;2-6H,1H3;2*1-2H3/b6-3-,8-5+;;;. The highest BCUT2D eigenvalue weighted by molar-refractivity contribution is 6.08. The first kappa shape index (κ1) is 26.6. The summed E-state index contributed by atoms with van der Waals surface area (Å²) in [6.45, 7) is 12.8. The third-order valence-corrected chi connectivity index (χ3v) is 4.00. The van der Waals surface area contributed by atoms with Gasteiger partial charge >= 0.3 is 0 Å². The van der Waals surface area contributed by atoms with Crippen LogP contribution in [-0.2, 0) is 0 Å². The van der Waals surface area contributed by atoms with E-state index in [1.165, 1.54) is 16.1 Å². The average molecular weight is 397 g/mol. The molecule has 1 aliphatic carbocycles. The van der Waals surface area contributed by atoms with Gasteiger partial charge in [0.1, 0.15) is 0 Å². The Morgan fingerprint density at radius 2 is 1.72 bits per heavy atom. The summed E-state index contributed by atoms with van der Waals surface area (Å²) in [5, 5.41) is 1.52. The minimum atomic E-state index is -0.442. The Labute approximate surface area is 178 Å². The molecular formula is C25H40N4. The summed E-state index contributed by atoms with van der Waals surface area (Å²) in [6.07, 6.45) is 12.8. The summed E-state index contributed by atoms with van der Waals surface area (Å²) < 4.78 is 0. The Morgan fingerprint density at radius 1 is 1.10 bits per heavy atom. The van der Waals surface area contributed by atoms with Gasteiger partial charge in [-0.05, 0) is 25.5 Å². The van der Waals surface area contributed by atoms with Crippen molar-refractivity contribution in [1.29, 1.82) is 0 Å². The van der Waals surface area contributed by atoms with Gasteiger partial charge in [-0.25, -0.2) is 5.84 Å². The number of nitrogens with zero attached hydrogens (tertiary/aromatic N) is 2. The SMILES string of the molecule is C/C=C\C1(N)C=C(/C=C/N(C)N)C2=CCN=C2C1.CC.CC.Cc1ccccc1. The molecule has 4 nitrogen and oxygen atoms in total. The number of aliphatic imine (C=N–C) groups is 1. The Balaban J connectivity index is 0.000000593. The molecule has 0 bridgehead atoms. The zero-order valence-electron chi connectivity index (χ0n) is 19.3. The van der Waals surface area contributed by atoms with Crippen LogP contribution in [0.15, 0.2) is 83.1 Å². The minimum Gasteiger partial charge on any atom is -0.321 e. The van der Waals surface area contributed by atoms with Crippen LogP contribution >= 0.6 is 0 Å². The molecule has 2 aliphatic rings. The monoisotopic (exact) mass is 396 g/mol. The second kappa shape index (κ2) is 14.6. The predicted molar refractivity (Wildman–Crippen MR) is 130 cm³/mol. The summed E-state index contributed by atoms with van der Waals surface area (Å²) in [5.74, 6) is 5.60. The van der Waals surface area contributed by atoms with Crippen molar-refractivity contribution in [3.63, 3.8) is 0 Å². The first-order valence-electron chi connectivity index (χ1n) is 10.5. The molecule has 0 fully saturated rings. The van der Waals surface area contributed by atoms with Gasteiger partial charge in [0.15, 0.2) is 0 Å². The molecule has 1 aliphatic heterocycles. The van der Waals surface area contributed by atoms with Crippen molar-refractivity contribution >= 4 is 5.71 Å². The van der Waals surface area contributed by atoms with Crippen molar-refractivity contribution in [2.24, 2.45) is 16.6 Å². The van der Waals surface area contributed by atoms with Crippen LogP contribution in [0.4, 0.5) is 0 Å². The molecule has 4 N–H and O–H groups in total. The molecule has 3 rings (SSSR count). The van der Waals surface area contributed by atoms with Crippen LogP contribution in [0.1, 0.15) is 46.6 Å². The number of hydrogen-bond donors (Lipinski definition) is 2. The van der Waals surface area contributed by atoms with Gasteiger partial charge in [-0.1, -0.05) is 87.9 Å². The third-order valence-electron chi connectivity index (χ3n) is 4.00. The maximum atomic E-state index is 6.37. The molecule has 0 saturated carbocycles. The van der Waals surface area contributed by atoms with Crippen molar-refractivity contribution in [2.75, 3.05) is 13.6 Å². The van der Waals surface area contributed by atoms with Crippen LogP contribution in [0.25, 0.3) is 0 Å². The number of benzene rings is 1. The molecule has 1 aromatic carbocycles. The van der Waals surface area contributed by atoms with Gasteiger partial charge in [0.25, 0.3) is 0 Å². The molecule has 0 aromatic heterocycles. The number of aryl methyl sites for hydroxylation is 1. The Kier molecular flexibility index (Phi) is 13.3. The minimum absolute atomic E-state index is 0.442. The van der Waals surface area contributed by atoms with Crippen LogP contribution in [0.5, 0.6) is 0 Å². The lowest BCUT2D eigenvalue weighted by molar-refractivity contribution is 0.484. The normalized spacial score (nSPS) is 19.4. The highest BCUT2D eigenvalue weighted by atomic mass is 15.4. The lowest BCUT2D eigenvalue weighted by atomic mass is 9.80. The highest BCUT2D eigenvalue weighted by Crippen LogP contribution is 2.31. The van der Waals surface area contributed by atoms with Crippen LogP contribution in [0.2, 0.25) is 0 Å². The summed E-state index contributed by atoms with van der Waals surface area (Å²) in [5.41, 5.74) is 10.6. The fraction of sp³-hybridized carbons (Fsp3) is 0.400. The first-order valence-corrected chi connectivity index (χ1v) is 10.5. The summed E-state index contributed by atoms with van der Waals surface area (Å²) in [6, 6.07) is 10.3. The van der Waals surface area contributed by atoms with Crippen LogP contribution in [-0.4, -0.2) is 29.9 Å². The van der Waals surface area contributed by atoms with E-state index in [4.69, 9.17) is 11.6 Å². The molecule has 0 spiro atoms. The molecule has 1 atom stereocenters. The molecule has 4 heteroatoms. The zero-order chi connectivity index (χ0) is 22.3. The van der Waals surface area contributed by atoms with E-state index >= 15 is 0 Å². The van der Waals surface area contributed by atoms with Crippen LogP contribution < -0.4 is 11.6 Å². The van der Waals surface area contributed by atoms with Gasteiger partial charge in [-0.2, -0.15) is 0 Å². The van der Waals surface area contributed by atoms with Gasteiger partial charge in [0.2, 0.25) is 0 Å². The number of hydrazine groups is 1. The number of nitrogens with two attached hydrogens (primary N) is 2. The Bertz CT molecular complexity index is 724. The van der Waals surface area contributed by atoms with Gasteiger partial charge in [0.05, 0.1) is 12.1 Å². The molecule has 1 aromatic rings. The quantitative estimate of drug-likeness (QED) is 0.412. The van der Waals surface area contributed by atoms with Crippen molar-refractivity contribution in [1.82, 2.24) is 5.01 Å². The van der Waals surface area contributed by atoms with Crippen LogP contribution in [0.3, 0.4) is 0 Å². The van der Waals surface area contributed by atoms with E-state index in [9.17, 15) is 0 Å². The molecule has 0 saturated heterocycles. The van der Waals surface area contributed by atoms with Crippen molar-refractivity contribution in [3.8, 4) is 0 Å². The largest absolute Gasteiger partial charge is 0.321 e. The van der Waals surface area contributed by atoms with E-state index < -0.39 is 5.54 Å². The van der Waals surface area contributed by atoms with E-state index in [0.29, 0.717) is 0 Å². The average Bonchev–Trinajstić information content (AvgIpc) is 3.18. The lowest BCUT2D eigenvalue weighted by Crippen LogP contribution is -2.41. The fourth-order valence-electron chi connectivity index (χ4n) is 2.88. The predicted octanol–water partition coefficient (Wildman–Crippen LogP) is 5.34. The number of rotatable bonds is 3. The second-order valence-corrected chi connectivity index (χ2v) is 6.43. The van der Waals surface area contributed by atoms with Crippen molar-refractivity contribution in [2.45, 2.75) is 53.5 Å². The first-order chi connectivity index (χ1) is 13.9. The smallest absolute Gasteiger partial charge is 0.0590 e. The molecule has 29 heavy (non-hydrogen) atoms. The summed E-state index contributed by atoms with van der Waals surface area (Å²) in [4.78, 5) is 4.50. The van der Waals surface area contributed by atoms with Crippen molar-refractivity contribution < 1.29 is 0 Å². The van der Waals surface area contributed by atoms with E-state index in [1.54, 1.807) is 7.05 Å². The molecule has 0 amide bonds. The zero-order valence-corrected chi connectivity index (χ0v) is 19.3. The van der Waals surface area contributed by atoms with E-state index in [2.05, 4.69) is 36.2 Å². The number of allylic oxidation sites excluding steroid dienone is 4. The third kappa shape index (κ3) is 9.55. The van der Waals surface area contributed by atoms with Gasteiger partial charge in [0, 0.05) is 31.0 Å². The topological polar surface area (TPSA) is 67.6 Å².